The zero-order valence-electron chi connectivity index (χ0n) is 7.69. The Bertz CT molecular complexity index is 289. The predicted molar refractivity (Wildman–Crippen MR) is 54.3 cm³/mol. The fraction of sp³-hybridized carbons (Fsp3) is 0.750. The van der Waals surface area contributed by atoms with Crippen molar-refractivity contribution in [2.45, 2.75) is 36.0 Å². The van der Waals surface area contributed by atoms with E-state index >= 15 is 0 Å². The summed E-state index contributed by atoms with van der Waals surface area (Å²) in [5.74, 6) is 0.874. The van der Waals surface area contributed by atoms with E-state index in [1.807, 2.05) is 6.92 Å². The molecule has 1 aromatic heterocycles. The Hall–Kier alpha value is -0.130. The van der Waals surface area contributed by atoms with E-state index in [9.17, 15) is 0 Å². The largest absolute Gasteiger partial charge is 0.377 e. The van der Waals surface area contributed by atoms with Crippen LogP contribution in [0.5, 0.6) is 0 Å². The van der Waals surface area contributed by atoms with Crippen LogP contribution in [0.1, 0.15) is 19.2 Å². The second kappa shape index (κ2) is 3.94. The molecule has 1 aromatic rings. The van der Waals surface area contributed by atoms with Crippen LogP contribution < -0.4 is 0 Å². The van der Waals surface area contributed by atoms with Crippen molar-refractivity contribution >= 4 is 23.3 Å². The zero-order chi connectivity index (χ0) is 9.26. The van der Waals surface area contributed by atoms with Gasteiger partial charge in [-0.15, -0.1) is 0 Å². The van der Waals surface area contributed by atoms with Gasteiger partial charge in [0.05, 0.1) is 6.10 Å². The van der Waals surface area contributed by atoms with E-state index in [2.05, 4.69) is 16.3 Å². The first kappa shape index (κ1) is 9.43. The number of aromatic nitrogens is 2. The van der Waals surface area contributed by atoms with Gasteiger partial charge in [-0.1, -0.05) is 11.8 Å². The van der Waals surface area contributed by atoms with Crippen LogP contribution in [0.4, 0.5) is 0 Å². The molecule has 1 fully saturated rings. The van der Waals surface area contributed by atoms with E-state index in [4.69, 9.17) is 4.74 Å². The van der Waals surface area contributed by atoms with Crippen molar-refractivity contribution in [2.24, 2.45) is 0 Å². The van der Waals surface area contributed by atoms with Gasteiger partial charge in [0.15, 0.2) is 4.34 Å². The van der Waals surface area contributed by atoms with Crippen LogP contribution in [-0.4, -0.2) is 27.3 Å². The summed E-state index contributed by atoms with van der Waals surface area (Å²) in [5, 5.41) is 0.562. The molecule has 3 nitrogen and oxygen atoms in total. The second-order valence-electron chi connectivity index (χ2n) is 3.13. The van der Waals surface area contributed by atoms with E-state index < -0.39 is 0 Å². The van der Waals surface area contributed by atoms with Gasteiger partial charge < -0.3 is 4.74 Å². The molecule has 0 radical (unpaired) electrons. The van der Waals surface area contributed by atoms with Crippen LogP contribution in [0, 0.1) is 6.92 Å². The minimum atomic E-state index is 0.356. The molecule has 0 saturated carbocycles. The van der Waals surface area contributed by atoms with Gasteiger partial charge in [-0.25, -0.2) is 4.98 Å². The van der Waals surface area contributed by atoms with Crippen LogP contribution in [0.25, 0.3) is 0 Å². The monoisotopic (exact) mass is 216 g/mol. The van der Waals surface area contributed by atoms with Crippen molar-refractivity contribution in [2.75, 3.05) is 6.61 Å². The first-order chi connectivity index (χ1) is 6.25. The summed E-state index contributed by atoms with van der Waals surface area (Å²) in [6.45, 7) is 4.93. The van der Waals surface area contributed by atoms with Crippen LogP contribution in [-0.2, 0) is 4.74 Å². The van der Waals surface area contributed by atoms with Gasteiger partial charge in [-0.2, -0.15) is 4.37 Å². The zero-order valence-corrected chi connectivity index (χ0v) is 9.32. The topological polar surface area (TPSA) is 35.0 Å². The summed E-state index contributed by atoms with van der Waals surface area (Å²) in [4.78, 5) is 4.32. The van der Waals surface area contributed by atoms with Crippen molar-refractivity contribution in [1.29, 1.82) is 0 Å². The molecule has 1 aliphatic heterocycles. The molecule has 2 heterocycles. The third kappa shape index (κ3) is 2.21. The molecule has 5 heteroatoms. The smallest absolute Gasteiger partial charge is 0.170 e. The van der Waals surface area contributed by atoms with Crippen LogP contribution in [0.15, 0.2) is 4.34 Å². The Kier molecular flexibility index (Phi) is 2.86. The SMILES string of the molecule is Cc1nsc(SC2CCOC2C)n1. The van der Waals surface area contributed by atoms with Crippen molar-refractivity contribution in [1.82, 2.24) is 9.36 Å². The van der Waals surface area contributed by atoms with E-state index in [0.717, 1.165) is 23.2 Å². The second-order valence-corrected chi connectivity index (χ2v) is 5.37. The van der Waals surface area contributed by atoms with E-state index in [-0.39, 0.29) is 0 Å². The molecule has 0 aromatic carbocycles. The number of aryl methyl sites for hydroxylation is 1. The summed E-state index contributed by atoms with van der Waals surface area (Å²) in [6, 6.07) is 0. The average Bonchev–Trinajstić information content (AvgIpc) is 2.64. The highest BCUT2D eigenvalue weighted by molar-refractivity contribution is 8.01. The summed E-state index contributed by atoms with van der Waals surface area (Å²) < 4.78 is 10.7. The number of hydrogen-bond acceptors (Lipinski definition) is 5. The van der Waals surface area contributed by atoms with Crippen molar-refractivity contribution < 1.29 is 4.74 Å². The van der Waals surface area contributed by atoms with Gasteiger partial charge in [0, 0.05) is 11.9 Å². The Morgan fingerprint density at radius 2 is 2.46 bits per heavy atom. The maximum Gasteiger partial charge on any atom is 0.170 e. The maximum atomic E-state index is 5.48. The molecule has 0 aliphatic carbocycles. The van der Waals surface area contributed by atoms with Crippen molar-refractivity contribution in [3.05, 3.63) is 5.82 Å². The lowest BCUT2D eigenvalue weighted by Gasteiger charge is -2.10. The quantitative estimate of drug-likeness (QED) is 0.758. The molecule has 2 rings (SSSR count). The lowest BCUT2D eigenvalue weighted by atomic mass is 10.3. The number of nitrogens with zero attached hydrogens (tertiary/aromatic N) is 2. The number of thioether (sulfide) groups is 1. The van der Waals surface area contributed by atoms with E-state index in [1.165, 1.54) is 11.5 Å². The van der Waals surface area contributed by atoms with Crippen LogP contribution >= 0.6 is 23.3 Å². The third-order valence-electron chi connectivity index (χ3n) is 2.07. The molecule has 2 atom stereocenters. The van der Waals surface area contributed by atoms with Gasteiger partial charge in [-0.05, 0) is 31.8 Å². The Labute approximate surface area is 86.1 Å². The Morgan fingerprint density at radius 3 is 3.00 bits per heavy atom. The highest BCUT2D eigenvalue weighted by Crippen LogP contribution is 2.33. The fourth-order valence-corrected chi connectivity index (χ4v) is 3.33. The lowest BCUT2D eigenvalue weighted by molar-refractivity contribution is 0.127. The maximum absolute atomic E-state index is 5.48. The predicted octanol–water partition coefficient (Wildman–Crippen LogP) is 2.12. The Morgan fingerprint density at radius 1 is 1.62 bits per heavy atom. The highest BCUT2D eigenvalue weighted by atomic mass is 32.2. The molecule has 0 N–H and O–H groups in total. The van der Waals surface area contributed by atoms with Crippen molar-refractivity contribution in [3.8, 4) is 0 Å². The molecule has 1 aliphatic rings. The van der Waals surface area contributed by atoms with Gasteiger partial charge in [0.2, 0.25) is 0 Å². The molecule has 72 valence electrons. The normalized spacial score (nSPS) is 28.2. The van der Waals surface area contributed by atoms with Gasteiger partial charge in [0.1, 0.15) is 5.82 Å². The summed E-state index contributed by atoms with van der Waals surface area (Å²) >= 11 is 3.28. The van der Waals surface area contributed by atoms with E-state index in [0.29, 0.717) is 11.4 Å². The number of hydrogen-bond donors (Lipinski definition) is 0. The molecular formula is C8H12N2OS2. The first-order valence-corrected chi connectivity index (χ1v) is 5.99. The molecule has 13 heavy (non-hydrogen) atoms. The van der Waals surface area contributed by atoms with Gasteiger partial charge in [-0.3, -0.25) is 0 Å². The van der Waals surface area contributed by atoms with E-state index in [1.54, 1.807) is 11.8 Å². The van der Waals surface area contributed by atoms with Crippen LogP contribution in [0.3, 0.4) is 0 Å². The fourth-order valence-electron chi connectivity index (χ4n) is 1.32. The minimum absolute atomic E-state index is 0.356. The molecule has 0 amide bonds. The summed E-state index contributed by atoms with van der Waals surface area (Å²) in [6.07, 6.45) is 1.49. The number of rotatable bonds is 2. The summed E-state index contributed by atoms with van der Waals surface area (Å²) in [7, 11) is 0. The minimum Gasteiger partial charge on any atom is -0.377 e. The molecule has 0 bridgehead atoms. The molecule has 2 unspecified atom stereocenters. The average molecular weight is 216 g/mol. The number of ether oxygens (including phenoxy) is 1. The standard InChI is InChI=1S/C8H12N2OS2/c1-5-7(3-4-11-5)12-8-9-6(2)10-13-8/h5,7H,3-4H2,1-2H3. The first-order valence-electron chi connectivity index (χ1n) is 4.34. The Balaban J connectivity index is 1.97. The molecule has 0 spiro atoms. The highest BCUT2D eigenvalue weighted by Gasteiger charge is 2.26. The lowest BCUT2D eigenvalue weighted by Crippen LogP contribution is -2.12. The van der Waals surface area contributed by atoms with Crippen molar-refractivity contribution in [3.63, 3.8) is 0 Å². The molecule has 1 saturated heterocycles. The summed E-state index contributed by atoms with van der Waals surface area (Å²) in [5.41, 5.74) is 0. The van der Waals surface area contributed by atoms with Gasteiger partial charge >= 0.3 is 0 Å². The van der Waals surface area contributed by atoms with Crippen LogP contribution in [0.2, 0.25) is 0 Å². The molecular weight excluding hydrogens is 204 g/mol. The third-order valence-corrected chi connectivity index (χ3v) is 4.40. The van der Waals surface area contributed by atoms with Gasteiger partial charge in [0.25, 0.3) is 0 Å².